The van der Waals surface area contributed by atoms with E-state index in [4.69, 9.17) is 4.74 Å². The van der Waals surface area contributed by atoms with E-state index in [9.17, 15) is 0 Å². The van der Waals surface area contributed by atoms with Gasteiger partial charge in [0.1, 0.15) is 0 Å². The van der Waals surface area contributed by atoms with Gasteiger partial charge < -0.3 is 15.0 Å². The predicted octanol–water partition coefficient (Wildman–Crippen LogP) is 2.77. The Balaban J connectivity index is 1.69. The summed E-state index contributed by atoms with van der Waals surface area (Å²) in [5, 5.41) is 3.49. The number of ether oxygens (including phenoxy) is 1. The Labute approximate surface area is 116 Å². The van der Waals surface area contributed by atoms with Crippen LogP contribution in [0.3, 0.4) is 0 Å². The second kappa shape index (κ2) is 7.51. The molecule has 1 aliphatic rings. The Hall–Kier alpha value is -1.06. The summed E-state index contributed by atoms with van der Waals surface area (Å²) in [5.74, 6) is 0.720. The molecule has 0 radical (unpaired) electrons. The largest absolute Gasteiger partial charge is 0.384 e. The third kappa shape index (κ3) is 4.84. The zero-order valence-electron chi connectivity index (χ0n) is 12.2. The van der Waals surface area contributed by atoms with Crippen molar-refractivity contribution in [2.24, 2.45) is 5.92 Å². The van der Waals surface area contributed by atoms with E-state index in [1.807, 2.05) is 0 Å². The zero-order valence-corrected chi connectivity index (χ0v) is 12.2. The molecular weight excluding hydrogens is 236 g/mol. The normalized spacial score (nSPS) is 20.4. The number of rotatable bonds is 6. The van der Waals surface area contributed by atoms with Crippen LogP contribution in [0.5, 0.6) is 0 Å². The van der Waals surface area contributed by atoms with Gasteiger partial charge in [-0.3, -0.25) is 0 Å². The quantitative estimate of drug-likeness (QED) is 0.853. The monoisotopic (exact) mass is 262 g/mol. The molecule has 0 aliphatic carbocycles. The third-order valence-corrected chi connectivity index (χ3v) is 3.81. The second-order valence-corrected chi connectivity index (χ2v) is 5.56. The summed E-state index contributed by atoms with van der Waals surface area (Å²) in [6.07, 6.45) is 2.62. The average molecular weight is 262 g/mol. The summed E-state index contributed by atoms with van der Waals surface area (Å²) in [5.41, 5.74) is 2.53. The van der Waals surface area contributed by atoms with E-state index in [0.29, 0.717) is 0 Å². The van der Waals surface area contributed by atoms with Crippen molar-refractivity contribution >= 4 is 5.69 Å². The van der Waals surface area contributed by atoms with Crippen LogP contribution >= 0.6 is 0 Å². The molecule has 3 nitrogen and oxygen atoms in total. The van der Waals surface area contributed by atoms with Gasteiger partial charge in [-0.05, 0) is 44.4 Å². The minimum Gasteiger partial charge on any atom is -0.384 e. The van der Waals surface area contributed by atoms with E-state index in [0.717, 1.165) is 25.6 Å². The lowest BCUT2D eigenvalue weighted by molar-refractivity contribution is 0.0926. The highest BCUT2D eigenvalue weighted by Gasteiger charge is 2.18. The average Bonchev–Trinajstić information content (AvgIpc) is 2.42. The van der Waals surface area contributed by atoms with Crippen LogP contribution in [0.4, 0.5) is 5.69 Å². The fourth-order valence-corrected chi connectivity index (χ4v) is 2.76. The first-order valence-electron chi connectivity index (χ1n) is 7.30. The van der Waals surface area contributed by atoms with Gasteiger partial charge in [0.25, 0.3) is 0 Å². The number of methoxy groups -OCH3 is 1. The molecule has 1 heterocycles. The van der Waals surface area contributed by atoms with E-state index in [-0.39, 0.29) is 0 Å². The van der Waals surface area contributed by atoms with Gasteiger partial charge in [-0.1, -0.05) is 17.7 Å². The fraction of sp³-hybridized carbons (Fsp3) is 0.625. The van der Waals surface area contributed by atoms with Crippen LogP contribution in [0.25, 0.3) is 0 Å². The Morgan fingerprint density at radius 3 is 2.84 bits per heavy atom. The Kier molecular flexibility index (Phi) is 5.67. The Morgan fingerprint density at radius 2 is 2.11 bits per heavy atom. The minimum absolute atomic E-state index is 0.720. The van der Waals surface area contributed by atoms with Crippen LogP contribution in [-0.2, 0) is 4.74 Å². The van der Waals surface area contributed by atoms with Crippen molar-refractivity contribution in [3.8, 4) is 0 Å². The van der Waals surface area contributed by atoms with Gasteiger partial charge in [-0.2, -0.15) is 0 Å². The van der Waals surface area contributed by atoms with Crippen molar-refractivity contribution in [1.82, 2.24) is 4.90 Å². The molecule has 0 amide bonds. The van der Waals surface area contributed by atoms with Crippen LogP contribution in [0, 0.1) is 12.8 Å². The minimum atomic E-state index is 0.720. The van der Waals surface area contributed by atoms with Crippen molar-refractivity contribution < 1.29 is 4.74 Å². The molecule has 1 aromatic carbocycles. The summed E-state index contributed by atoms with van der Waals surface area (Å²) in [7, 11) is 1.80. The number of anilines is 1. The summed E-state index contributed by atoms with van der Waals surface area (Å²) in [6.45, 7) is 7.57. The summed E-state index contributed by atoms with van der Waals surface area (Å²) in [4.78, 5) is 2.55. The maximum atomic E-state index is 5.27. The van der Waals surface area contributed by atoms with Crippen molar-refractivity contribution in [2.45, 2.75) is 19.8 Å². The smallest absolute Gasteiger partial charge is 0.0502 e. The second-order valence-electron chi connectivity index (χ2n) is 5.56. The number of nitrogens with one attached hydrogen (secondary N) is 1. The van der Waals surface area contributed by atoms with E-state index >= 15 is 0 Å². The number of piperidine rings is 1. The van der Waals surface area contributed by atoms with Gasteiger partial charge in [0.15, 0.2) is 0 Å². The highest BCUT2D eigenvalue weighted by atomic mass is 16.5. The first-order chi connectivity index (χ1) is 9.28. The van der Waals surface area contributed by atoms with E-state index < -0.39 is 0 Å². The molecule has 1 N–H and O–H groups in total. The number of aryl methyl sites for hydroxylation is 1. The molecule has 2 rings (SSSR count). The molecular formula is C16H26N2O. The molecule has 3 heteroatoms. The van der Waals surface area contributed by atoms with Crippen molar-refractivity contribution in [3.63, 3.8) is 0 Å². The highest BCUT2D eigenvalue weighted by Crippen LogP contribution is 2.16. The number of hydrogen-bond donors (Lipinski definition) is 1. The van der Waals surface area contributed by atoms with Gasteiger partial charge in [0.2, 0.25) is 0 Å². The van der Waals surface area contributed by atoms with Gasteiger partial charge in [-0.25, -0.2) is 0 Å². The number of likely N-dealkylation sites (tertiary alicyclic amines) is 1. The molecule has 0 bridgehead atoms. The van der Waals surface area contributed by atoms with Crippen molar-refractivity contribution in [1.29, 1.82) is 0 Å². The summed E-state index contributed by atoms with van der Waals surface area (Å²) >= 11 is 0. The number of benzene rings is 1. The molecule has 1 aromatic rings. The molecule has 1 atom stereocenters. The lowest BCUT2D eigenvalue weighted by Crippen LogP contribution is -2.39. The molecule has 0 spiro atoms. The first-order valence-corrected chi connectivity index (χ1v) is 7.30. The topological polar surface area (TPSA) is 24.5 Å². The standard InChI is InChI=1S/C16H26N2O/c1-14-5-7-16(8-6-14)17-9-11-18-10-3-4-15(12-18)13-19-2/h5-8,15,17H,3-4,9-13H2,1-2H3. The van der Waals surface area contributed by atoms with Crippen LogP contribution in [-0.4, -0.2) is 44.8 Å². The third-order valence-electron chi connectivity index (χ3n) is 3.81. The van der Waals surface area contributed by atoms with Crippen LogP contribution in [0.1, 0.15) is 18.4 Å². The van der Waals surface area contributed by atoms with Gasteiger partial charge in [0.05, 0.1) is 6.61 Å². The predicted molar refractivity (Wildman–Crippen MR) is 80.7 cm³/mol. The van der Waals surface area contributed by atoms with E-state index in [1.54, 1.807) is 7.11 Å². The summed E-state index contributed by atoms with van der Waals surface area (Å²) in [6, 6.07) is 8.61. The Bertz CT molecular complexity index is 362. The van der Waals surface area contributed by atoms with Crippen molar-refractivity contribution in [3.05, 3.63) is 29.8 Å². The molecule has 0 saturated carbocycles. The number of hydrogen-bond acceptors (Lipinski definition) is 3. The number of nitrogens with zero attached hydrogens (tertiary/aromatic N) is 1. The molecule has 1 unspecified atom stereocenters. The lowest BCUT2D eigenvalue weighted by Gasteiger charge is -2.32. The molecule has 106 valence electrons. The molecule has 1 saturated heterocycles. The van der Waals surface area contributed by atoms with Crippen molar-refractivity contribution in [2.75, 3.05) is 45.2 Å². The van der Waals surface area contributed by atoms with E-state index in [1.165, 1.54) is 37.2 Å². The summed E-state index contributed by atoms with van der Waals surface area (Å²) < 4.78 is 5.27. The van der Waals surface area contributed by atoms with Gasteiger partial charge in [0, 0.05) is 32.4 Å². The maximum Gasteiger partial charge on any atom is 0.0502 e. The van der Waals surface area contributed by atoms with Gasteiger partial charge >= 0.3 is 0 Å². The molecule has 1 aliphatic heterocycles. The first kappa shape index (κ1) is 14.4. The Morgan fingerprint density at radius 1 is 1.32 bits per heavy atom. The molecule has 1 fully saturated rings. The maximum absolute atomic E-state index is 5.27. The lowest BCUT2D eigenvalue weighted by atomic mass is 9.99. The fourth-order valence-electron chi connectivity index (χ4n) is 2.76. The highest BCUT2D eigenvalue weighted by molar-refractivity contribution is 5.44. The van der Waals surface area contributed by atoms with Crippen LogP contribution < -0.4 is 5.32 Å². The SMILES string of the molecule is COCC1CCCN(CCNc2ccc(C)cc2)C1. The molecule has 19 heavy (non-hydrogen) atoms. The molecule has 0 aromatic heterocycles. The van der Waals surface area contributed by atoms with Gasteiger partial charge in [-0.15, -0.1) is 0 Å². The zero-order chi connectivity index (χ0) is 13.5. The van der Waals surface area contributed by atoms with E-state index in [2.05, 4.69) is 41.4 Å². The van der Waals surface area contributed by atoms with Crippen LogP contribution in [0.2, 0.25) is 0 Å². The van der Waals surface area contributed by atoms with Crippen LogP contribution in [0.15, 0.2) is 24.3 Å².